The van der Waals surface area contributed by atoms with Crippen LogP contribution in [0, 0.1) is 0 Å². The average molecular weight is 375 g/mol. The van der Waals surface area contributed by atoms with Gasteiger partial charge >= 0.3 is 11.9 Å². The summed E-state index contributed by atoms with van der Waals surface area (Å²) in [5.41, 5.74) is 6.93. The summed E-state index contributed by atoms with van der Waals surface area (Å²) in [4.78, 5) is 50.0. The van der Waals surface area contributed by atoms with Crippen molar-refractivity contribution in [2.45, 2.75) is 37.8 Å². The van der Waals surface area contributed by atoms with Crippen LogP contribution in [-0.2, 0) is 19.2 Å². The van der Waals surface area contributed by atoms with Gasteiger partial charge in [0.05, 0.1) is 12.0 Å². The van der Waals surface area contributed by atoms with Crippen LogP contribution in [-0.4, -0.2) is 50.9 Å². The molecule has 0 fully saturated rings. The number of aromatic nitrogens is 1. The maximum Gasteiger partial charge on any atom is 0.327 e. The van der Waals surface area contributed by atoms with E-state index in [0.29, 0.717) is 16.5 Å². The van der Waals surface area contributed by atoms with Gasteiger partial charge in [-0.1, -0.05) is 18.2 Å². The first-order chi connectivity index (χ1) is 12.7. The summed E-state index contributed by atoms with van der Waals surface area (Å²) in [7, 11) is 0. The fourth-order valence-electron chi connectivity index (χ4n) is 3.01. The molecule has 0 spiro atoms. The number of nitrogens with two attached hydrogens (primary N) is 1. The van der Waals surface area contributed by atoms with Gasteiger partial charge in [-0.2, -0.15) is 0 Å². The number of fused-ring (bicyclic) bond motifs is 1. The van der Waals surface area contributed by atoms with Crippen LogP contribution in [0.2, 0.25) is 0 Å². The van der Waals surface area contributed by atoms with E-state index in [0.717, 1.165) is 6.92 Å². The molecule has 3 atom stereocenters. The van der Waals surface area contributed by atoms with Crippen LogP contribution in [0.15, 0.2) is 30.5 Å². The zero-order valence-electron chi connectivity index (χ0n) is 14.6. The van der Waals surface area contributed by atoms with E-state index in [9.17, 15) is 24.3 Å². The number of carbonyl (C=O) groups excluding carboxylic acids is 2. The predicted molar refractivity (Wildman–Crippen MR) is 96.1 cm³/mol. The fraction of sp³-hybridized carbons (Fsp3) is 0.333. The molecule has 9 nitrogen and oxygen atoms in total. The van der Waals surface area contributed by atoms with Gasteiger partial charge in [0.2, 0.25) is 5.91 Å². The molecule has 144 valence electrons. The number of ketones is 1. The van der Waals surface area contributed by atoms with Gasteiger partial charge in [-0.25, -0.2) is 4.79 Å². The van der Waals surface area contributed by atoms with Crippen molar-refractivity contribution in [2.24, 2.45) is 5.73 Å². The van der Waals surface area contributed by atoms with Gasteiger partial charge in [-0.3, -0.25) is 14.4 Å². The average Bonchev–Trinajstić information content (AvgIpc) is 3.02. The molecule has 0 radical (unpaired) electrons. The van der Waals surface area contributed by atoms with E-state index in [2.05, 4.69) is 10.3 Å². The highest BCUT2D eigenvalue weighted by atomic mass is 16.4. The third-order valence-electron chi connectivity index (χ3n) is 4.26. The van der Waals surface area contributed by atoms with Crippen LogP contribution in [0.5, 0.6) is 0 Å². The monoisotopic (exact) mass is 375 g/mol. The van der Waals surface area contributed by atoms with E-state index >= 15 is 0 Å². The molecule has 2 rings (SSSR count). The number of aliphatic carboxylic acids is 2. The van der Waals surface area contributed by atoms with E-state index in [4.69, 9.17) is 10.8 Å². The van der Waals surface area contributed by atoms with E-state index < -0.39 is 41.6 Å². The maximum atomic E-state index is 13.0. The molecular weight excluding hydrogens is 354 g/mol. The summed E-state index contributed by atoms with van der Waals surface area (Å²) < 4.78 is 0. The van der Waals surface area contributed by atoms with Gasteiger partial charge in [0.15, 0.2) is 5.78 Å². The Kier molecular flexibility index (Phi) is 6.30. The van der Waals surface area contributed by atoms with Crippen molar-refractivity contribution in [3.63, 3.8) is 0 Å². The molecule has 9 heteroatoms. The number of carboxylic acids is 2. The molecule has 1 aromatic carbocycles. The normalized spacial score (nSPS) is 14.3. The Morgan fingerprint density at radius 1 is 1.19 bits per heavy atom. The van der Waals surface area contributed by atoms with Crippen molar-refractivity contribution in [1.29, 1.82) is 0 Å². The van der Waals surface area contributed by atoms with Gasteiger partial charge in [-0.05, 0) is 18.1 Å². The minimum atomic E-state index is -1.54. The lowest BCUT2D eigenvalue weighted by Crippen LogP contribution is -2.50. The molecule has 27 heavy (non-hydrogen) atoms. The second kappa shape index (κ2) is 8.45. The summed E-state index contributed by atoms with van der Waals surface area (Å²) >= 11 is 0. The van der Waals surface area contributed by atoms with Gasteiger partial charge < -0.3 is 26.2 Å². The van der Waals surface area contributed by atoms with Crippen LogP contribution in [0.3, 0.4) is 0 Å². The number of carboxylic acid groups (broad SMARTS) is 2. The van der Waals surface area contributed by atoms with Crippen molar-refractivity contribution < 1.29 is 29.4 Å². The number of para-hydroxylation sites is 1. The topological polar surface area (TPSA) is 163 Å². The number of nitrogens with one attached hydrogen (secondary N) is 2. The number of hydrogen-bond acceptors (Lipinski definition) is 5. The number of H-pyrrole nitrogens is 1. The number of rotatable bonds is 9. The van der Waals surface area contributed by atoms with Crippen LogP contribution in [0.1, 0.15) is 31.2 Å². The summed E-state index contributed by atoms with van der Waals surface area (Å²) in [5, 5.41) is 21.3. The molecule has 0 aliphatic heterocycles. The molecule has 1 aromatic heterocycles. The first-order valence-corrected chi connectivity index (χ1v) is 8.29. The smallest absolute Gasteiger partial charge is 0.327 e. The quantitative estimate of drug-likeness (QED) is 0.428. The molecule has 2 aromatic rings. The number of hydrogen-bond donors (Lipinski definition) is 5. The predicted octanol–water partition coefficient (Wildman–Crippen LogP) is 0.602. The number of benzene rings is 1. The SMILES string of the molecule is CC(=O)N[C@H](C(=O)O)C(C(=O)[C@@H](N)CCC(=O)O)c1c[nH]c2ccccc12. The highest BCUT2D eigenvalue weighted by Crippen LogP contribution is 2.30. The Hall–Kier alpha value is -3.20. The van der Waals surface area contributed by atoms with Crippen LogP contribution < -0.4 is 11.1 Å². The summed E-state index contributed by atoms with van der Waals surface area (Å²) in [5.74, 6) is -5.04. The van der Waals surface area contributed by atoms with Gasteiger partial charge in [0.25, 0.3) is 0 Å². The van der Waals surface area contributed by atoms with Gasteiger partial charge in [0, 0.05) is 30.4 Å². The molecule has 0 aliphatic carbocycles. The Balaban J connectivity index is 2.50. The summed E-state index contributed by atoms with van der Waals surface area (Å²) in [6.45, 7) is 1.15. The second-order valence-corrected chi connectivity index (χ2v) is 6.22. The maximum absolute atomic E-state index is 13.0. The molecular formula is C18H21N3O6. The Morgan fingerprint density at radius 3 is 2.44 bits per heavy atom. The Labute approximate surface area is 154 Å². The lowest BCUT2D eigenvalue weighted by atomic mass is 9.83. The molecule has 0 bridgehead atoms. The first kappa shape index (κ1) is 20.1. The van der Waals surface area contributed by atoms with Gasteiger partial charge in [-0.15, -0.1) is 0 Å². The molecule has 0 aliphatic rings. The highest BCUT2D eigenvalue weighted by Gasteiger charge is 2.39. The lowest BCUT2D eigenvalue weighted by Gasteiger charge is -2.25. The number of Topliss-reactive ketones (excluding diaryl/α,β-unsaturated/α-hetero) is 1. The first-order valence-electron chi connectivity index (χ1n) is 8.29. The van der Waals surface area contributed by atoms with Crippen LogP contribution in [0.4, 0.5) is 0 Å². The standard InChI is InChI=1S/C18H21N3O6/c1-9(22)21-16(18(26)27)15(17(25)12(19)6-7-14(23)24)11-8-20-13-5-3-2-4-10(11)13/h2-5,8,12,15-16,20H,6-7,19H2,1H3,(H,21,22)(H,23,24)(H,26,27)/t12-,15?,16-/m0/s1. The van der Waals surface area contributed by atoms with Crippen molar-refractivity contribution in [3.05, 3.63) is 36.0 Å². The minimum absolute atomic E-state index is 0.139. The highest BCUT2D eigenvalue weighted by molar-refractivity contribution is 6.00. The zero-order valence-corrected chi connectivity index (χ0v) is 14.6. The summed E-state index contributed by atoms with van der Waals surface area (Å²) in [6.07, 6.45) is 1.04. The molecule has 0 saturated carbocycles. The number of aromatic amines is 1. The zero-order chi connectivity index (χ0) is 20.1. The fourth-order valence-corrected chi connectivity index (χ4v) is 3.01. The van der Waals surface area contributed by atoms with E-state index in [1.807, 2.05) is 0 Å². The van der Waals surface area contributed by atoms with Gasteiger partial charge in [0.1, 0.15) is 6.04 Å². The van der Waals surface area contributed by atoms with Crippen molar-refractivity contribution in [3.8, 4) is 0 Å². The molecule has 1 heterocycles. The minimum Gasteiger partial charge on any atom is -0.481 e. The van der Waals surface area contributed by atoms with E-state index in [1.165, 1.54) is 6.20 Å². The van der Waals surface area contributed by atoms with Crippen LogP contribution in [0.25, 0.3) is 10.9 Å². The third kappa shape index (κ3) is 4.70. The van der Waals surface area contributed by atoms with Crippen molar-refractivity contribution in [1.82, 2.24) is 10.3 Å². The van der Waals surface area contributed by atoms with E-state index in [-0.39, 0.29) is 12.8 Å². The largest absolute Gasteiger partial charge is 0.481 e. The van der Waals surface area contributed by atoms with Crippen molar-refractivity contribution >= 4 is 34.5 Å². The van der Waals surface area contributed by atoms with Crippen LogP contribution >= 0.6 is 0 Å². The number of carbonyl (C=O) groups is 4. The second-order valence-electron chi connectivity index (χ2n) is 6.22. The molecule has 1 unspecified atom stereocenters. The van der Waals surface area contributed by atoms with Crippen molar-refractivity contribution in [2.75, 3.05) is 0 Å². The third-order valence-corrected chi connectivity index (χ3v) is 4.26. The molecule has 6 N–H and O–H groups in total. The lowest BCUT2D eigenvalue weighted by molar-refractivity contribution is -0.144. The molecule has 0 saturated heterocycles. The number of amides is 1. The Bertz CT molecular complexity index is 875. The Morgan fingerprint density at radius 2 is 1.85 bits per heavy atom. The summed E-state index contributed by atoms with van der Waals surface area (Å²) in [6, 6.07) is 4.27. The molecule has 1 amide bonds. The van der Waals surface area contributed by atoms with E-state index in [1.54, 1.807) is 24.3 Å².